The number of urea groups is 1. The molecule has 1 N–H and O–H groups in total. The SMILES string of the molecule is COC(=O)C1=C(C)N(C2CC2)C(=O)NC1c1ccc(F)cc1. The summed E-state index contributed by atoms with van der Waals surface area (Å²) < 4.78 is 18.0. The number of nitrogens with one attached hydrogen (secondary N) is 1. The van der Waals surface area contributed by atoms with Gasteiger partial charge in [-0.25, -0.2) is 14.0 Å². The molecule has 0 aromatic heterocycles. The van der Waals surface area contributed by atoms with Gasteiger partial charge in [0.15, 0.2) is 0 Å². The molecule has 1 fully saturated rings. The molecule has 1 aromatic rings. The van der Waals surface area contributed by atoms with Crippen LogP contribution in [0.5, 0.6) is 0 Å². The molecular formula is C16H17FN2O3. The van der Waals surface area contributed by atoms with Crippen LogP contribution in [0.4, 0.5) is 9.18 Å². The van der Waals surface area contributed by atoms with E-state index in [4.69, 9.17) is 4.74 Å². The smallest absolute Gasteiger partial charge is 0.337 e. The third kappa shape index (κ3) is 2.45. The van der Waals surface area contributed by atoms with Crippen LogP contribution in [-0.4, -0.2) is 30.1 Å². The topological polar surface area (TPSA) is 58.6 Å². The van der Waals surface area contributed by atoms with Crippen LogP contribution in [0.15, 0.2) is 35.5 Å². The van der Waals surface area contributed by atoms with Crippen LogP contribution >= 0.6 is 0 Å². The van der Waals surface area contributed by atoms with Crippen molar-refractivity contribution >= 4 is 12.0 Å². The van der Waals surface area contributed by atoms with E-state index in [0.717, 1.165) is 12.8 Å². The number of allylic oxidation sites excluding steroid dienone is 1. The first kappa shape index (κ1) is 14.6. The summed E-state index contributed by atoms with van der Waals surface area (Å²) in [7, 11) is 1.31. The molecule has 1 saturated carbocycles. The van der Waals surface area contributed by atoms with E-state index in [2.05, 4.69) is 5.32 Å². The fourth-order valence-corrected chi connectivity index (χ4v) is 2.81. The molecule has 1 unspecified atom stereocenters. The highest BCUT2D eigenvalue weighted by atomic mass is 19.1. The number of carbonyl (C=O) groups excluding carboxylic acids is 2. The summed E-state index contributed by atoms with van der Waals surface area (Å²) in [6, 6.07) is 5.01. The Morgan fingerprint density at radius 3 is 2.50 bits per heavy atom. The van der Waals surface area contributed by atoms with E-state index < -0.39 is 12.0 Å². The van der Waals surface area contributed by atoms with Crippen molar-refractivity contribution in [1.29, 1.82) is 0 Å². The van der Waals surface area contributed by atoms with Crippen LogP contribution < -0.4 is 5.32 Å². The lowest BCUT2D eigenvalue weighted by atomic mass is 9.95. The standard InChI is InChI=1S/C16H17FN2O3/c1-9-13(15(20)22-2)14(10-3-5-11(17)6-4-10)18-16(21)19(9)12-7-8-12/h3-6,12,14H,7-8H2,1-2H3,(H,18,21). The van der Waals surface area contributed by atoms with Crippen molar-refractivity contribution in [1.82, 2.24) is 10.2 Å². The largest absolute Gasteiger partial charge is 0.466 e. The maximum Gasteiger partial charge on any atom is 0.337 e. The van der Waals surface area contributed by atoms with Gasteiger partial charge in [0, 0.05) is 11.7 Å². The van der Waals surface area contributed by atoms with Crippen molar-refractivity contribution < 1.29 is 18.7 Å². The Morgan fingerprint density at radius 1 is 1.32 bits per heavy atom. The molecule has 2 aliphatic rings. The lowest BCUT2D eigenvalue weighted by Crippen LogP contribution is -2.48. The molecule has 0 radical (unpaired) electrons. The fraction of sp³-hybridized carbons (Fsp3) is 0.375. The highest BCUT2D eigenvalue weighted by Gasteiger charge is 2.42. The highest BCUT2D eigenvalue weighted by Crippen LogP contribution is 2.37. The molecule has 0 saturated heterocycles. The van der Waals surface area contributed by atoms with Crippen LogP contribution in [0.25, 0.3) is 0 Å². The lowest BCUT2D eigenvalue weighted by molar-refractivity contribution is -0.136. The molecule has 6 heteroatoms. The van der Waals surface area contributed by atoms with E-state index in [1.54, 1.807) is 24.0 Å². The summed E-state index contributed by atoms with van der Waals surface area (Å²) in [5, 5.41) is 2.83. The molecular weight excluding hydrogens is 287 g/mol. The number of hydrogen-bond acceptors (Lipinski definition) is 3. The van der Waals surface area contributed by atoms with E-state index >= 15 is 0 Å². The van der Waals surface area contributed by atoms with Gasteiger partial charge >= 0.3 is 12.0 Å². The Labute approximate surface area is 127 Å². The Kier molecular flexibility index (Phi) is 3.60. The van der Waals surface area contributed by atoms with Gasteiger partial charge in [-0.2, -0.15) is 0 Å². The number of halogens is 1. The normalized spacial score (nSPS) is 21.7. The number of hydrogen-bond donors (Lipinski definition) is 1. The molecule has 3 rings (SSSR count). The second kappa shape index (κ2) is 5.44. The zero-order valence-electron chi connectivity index (χ0n) is 12.4. The number of methoxy groups -OCH3 is 1. The first-order chi connectivity index (χ1) is 10.5. The van der Waals surface area contributed by atoms with Crippen LogP contribution in [0, 0.1) is 5.82 Å². The predicted molar refractivity (Wildman–Crippen MR) is 77.2 cm³/mol. The second-order valence-electron chi connectivity index (χ2n) is 5.53. The summed E-state index contributed by atoms with van der Waals surface area (Å²) in [5.74, 6) is -0.858. The zero-order valence-corrected chi connectivity index (χ0v) is 12.4. The van der Waals surface area contributed by atoms with Crippen molar-refractivity contribution in [3.8, 4) is 0 Å². The molecule has 2 amide bonds. The van der Waals surface area contributed by atoms with Gasteiger partial charge in [-0.15, -0.1) is 0 Å². The van der Waals surface area contributed by atoms with Crippen molar-refractivity contribution in [2.75, 3.05) is 7.11 Å². The minimum Gasteiger partial charge on any atom is -0.466 e. The number of rotatable bonds is 3. The third-order valence-corrected chi connectivity index (χ3v) is 4.05. The maximum atomic E-state index is 13.1. The van der Waals surface area contributed by atoms with Crippen LogP contribution in [-0.2, 0) is 9.53 Å². The number of nitrogens with zero attached hydrogens (tertiary/aromatic N) is 1. The average molecular weight is 304 g/mol. The van der Waals surface area contributed by atoms with Crippen LogP contribution in [0.2, 0.25) is 0 Å². The van der Waals surface area contributed by atoms with Gasteiger partial charge in [0.1, 0.15) is 5.82 Å². The van der Waals surface area contributed by atoms with Gasteiger partial charge in [0.05, 0.1) is 18.7 Å². The summed E-state index contributed by atoms with van der Waals surface area (Å²) in [4.78, 5) is 26.2. The number of ether oxygens (including phenoxy) is 1. The van der Waals surface area contributed by atoms with Crippen molar-refractivity contribution in [3.05, 3.63) is 46.9 Å². The monoisotopic (exact) mass is 304 g/mol. The zero-order chi connectivity index (χ0) is 15.9. The Bertz CT molecular complexity index is 650. The number of amides is 2. The Balaban J connectivity index is 2.06. The lowest BCUT2D eigenvalue weighted by Gasteiger charge is -2.35. The fourth-order valence-electron chi connectivity index (χ4n) is 2.81. The van der Waals surface area contributed by atoms with Crippen molar-refractivity contribution in [2.24, 2.45) is 0 Å². The molecule has 0 bridgehead atoms. The van der Waals surface area contributed by atoms with Gasteiger partial charge in [-0.3, -0.25) is 4.90 Å². The van der Waals surface area contributed by atoms with E-state index in [1.807, 2.05) is 0 Å². The predicted octanol–water partition coefficient (Wildman–Crippen LogP) is 2.50. The summed E-state index contributed by atoms with van der Waals surface area (Å²) in [5.41, 5.74) is 1.64. The first-order valence-corrected chi connectivity index (χ1v) is 7.17. The van der Waals surface area contributed by atoms with E-state index in [1.165, 1.54) is 19.2 Å². The summed E-state index contributed by atoms with van der Waals surface area (Å²) >= 11 is 0. The Hall–Kier alpha value is -2.37. The Morgan fingerprint density at radius 2 is 1.95 bits per heavy atom. The minimum atomic E-state index is -0.629. The molecule has 1 aliphatic heterocycles. The minimum absolute atomic E-state index is 0.147. The molecule has 116 valence electrons. The molecule has 5 nitrogen and oxygen atoms in total. The summed E-state index contributed by atoms with van der Waals surface area (Å²) in [6.45, 7) is 1.75. The maximum absolute atomic E-state index is 13.1. The molecule has 1 atom stereocenters. The highest BCUT2D eigenvalue weighted by molar-refractivity contribution is 5.95. The quantitative estimate of drug-likeness (QED) is 0.873. The van der Waals surface area contributed by atoms with Gasteiger partial charge in [-0.1, -0.05) is 12.1 Å². The number of esters is 1. The van der Waals surface area contributed by atoms with E-state index in [0.29, 0.717) is 16.8 Å². The first-order valence-electron chi connectivity index (χ1n) is 7.17. The average Bonchev–Trinajstić information content (AvgIpc) is 3.31. The van der Waals surface area contributed by atoms with Gasteiger partial charge in [-0.05, 0) is 37.5 Å². The molecule has 1 aliphatic carbocycles. The third-order valence-electron chi connectivity index (χ3n) is 4.05. The number of benzene rings is 1. The van der Waals surface area contributed by atoms with Crippen LogP contribution in [0.1, 0.15) is 31.4 Å². The number of carbonyl (C=O) groups is 2. The van der Waals surface area contributed by atoms with Crippen molar-refractivity contribution in [2.45, 2.75) is 31.8 Å². The molecule has 1 heterocycles. The summed E-state index contributed by atoms with van der Waals surface area (Å²) in [6.07, 6.45) is 1.86. The van der Waals surface area contributed by atoms with Gasteiger partial charge in [0.25, 0.3) is 0 Å². The van der Waals surface area contributed by atoms with Gasteiger partial charge < -0.3 is 10.1 Å². The second-order valence-corrected chi connectivity index (χ2v) is 5.53. The van der Waals surface area contributed by atoms with Crippen molar-refractivity contribution in [3.63, 3.8) is 0 Å². The molecule has 22 heavy (non-hydrogen) atoms. The van der Waals surface area contributed by atoms with E-state index in [-0.39, 0.29) is 17.9 Å². The van der Waals surface area contributed by atoms with E-state index in [9.17, 15) is 14.0 Å². The van der Waals surface area contributed by atoms with Crippen LogP contribution in [0.3, 0.4) is 0 Å². The van der Waals surface area contributed by atoms with Gasteiger partial charge in [0.2, 0.25) is 0 Å². The molecule has 1 aromatic carbocycles. The molecule has 0 spiro atoms.